The number of hydrogen-bond acceptors (Lipinski definition) is 5. The lowest BCUT2D eigenvalue weighted by atomic mass is 10.1. The number of benzene rings is 1. The van der Waals surface area contributed by atoms with Crippen LogP contribution in [-0.2, 0) is 9.59 Å². The number of aliphatic hydroxyl groups excluding tert-OH is 1. The van der Waals surface area contributed by atoms with Crippen LogP contribution in [0, 0.1) is 0 Å². The fraction of sp³-hybridized carbons (Fsp3) is 0.429. The molecule has 0 atom stereocenters. The van der Waals surface area contributed by atoms with Gasteiger partial charge in [-0.25, -0.2) is 0 Å². The average Bonchev–Trinajstić information content (AvgIpc) is 2.46. The number of carbonyl (C=O) groups is 2. The molecule has 2 amide bonds. The second-order valence-electron chi connectivity index (χ2n) is 5.02. The number of amides is 2. The Hall–Kier alpha value is -2.28. The van der Waals surface area contributed by atoms with Gasteiger partial charge in [0.1, 0.15) is 0 Å². The van der Waals surface area contributed by atoms with E-state index in [0.29, 0.717) is 17.2 Å². The summed E-state index contributed by atoms with van der Waals surface area (Å²) in [5.74, 6) is -0.708. The van der Waals surface area contributed by atoms with Crippen molar-refractivity contribution in [3.63, 3.8) is 0 Å². The van der Waals surface area contributed by atoms with Gasteiger partial charge >= 0.3 is 11.8 Å². The van der Waals surface area contributed by atoms with E-state index in [2.05, 4.69) is 10.6 Å². The van der Waals surface area contributed by atoms with Crippen LogP contribution in [0.5, 0.6) is 11.5 Å². The molecule has 1 aromatic rings. The van der Waals surface area contributed by atoms with Crippen LogP contribution in [0.15, 0.2) is 18.2 Å². The molecule has 0 aromatic heterocycles. The van der Waals surface area contributed by atoms with Crippen LogP contribution in [0.3, 0.4) is 0 Å². The highest BCUT2D eigenvalue weighted by Gasteiger charge is 2.23. The highest BCUT2D eigenvalue weighted by atomic mass is 16.5. The molecule has 0 aliphatic heterocycles. The van der Waals surface area contributed by atoms with E-state index in [1.165, 1.54) is 14.2 Å². The highest BCUT2D eigenvalue weighted by Crippen LogP contribution is 2.29. The van der Waals surface area contributed by atoms with E-state index in [1.54, 1.807) is 32.0 Å². The summed E-state index contributed by atoms with van der Waals surface area (Å²) in [5.41, 5.74) is -0.471. The van der Waals surface area contributed by atoms with Gasteiger partial charge in [-0.3, -0.25) is 9.59 Å². The first kappa shape index (κ1) is 16.8. The average molecular weight is 296 g/mol. The van der Waals surface area contributed by atoms with E-state index in [1.807, 2.05) is 0 Å². The third-order valence-corrected chi connectivity index (χ3v) is 2.69. The summed E-state index contributed by atoms with van der Waals surface area (Å²) in [6.45, 7) is 2.94. The molecule has 0 saturated carbocycles. The first-order valence-corrected chi connectivity index (χ1v) is 6.29. The molecule has 0 radical (unpaired) electrons. The Labute approximate surface area is 123 Å². The predicted octanol–water partition coefficient (Wildman–Crippen LogP) is 0.529. The molecule has 1 rings (SSSR count). The predicted molar refractivity (Wildman–Crippen MR) is 77.5 cm³/mol. The Morgan fingerprint density at radius 3 is 2.29 bits per heavy atom. The zero-order valence-electron chi connectivity index (χ0n) is 12.5. The molecule has 116 valence electrons. The summed E-state index contributed by atoms with van der Waals surface area (Å²) in [6, 6.07) is 4.74. The van der Waals surface area contributed by atoms with Crippen LogP contribution in [-0.4, -0.2) is 43.3 Å². The van der Waals surface area contributed by atoms with Crippen LogP contribution >= 0.6 is 0 Å². The van der Waals surface area contributed by atoms with Crippen LogP contribution in [0.25, 0.3) is 0 Å². The molecule has 0 fully saturated rings. The van der Waals surface area contributed by atoms with E-state index in [4.69, 9.17) is 14.6 Å². The van der Waals surface area contributed by atoms with Crippen molar-refractivity contribution in [3.05, 3.63) is 18.2 Å². The number of carbonyl (C=O) groups excluding carboxylic acids is 2. The molecule has 21 heavy (non-hydrogen) atoms. The van der Waals surface area contributed by atoms with E-state index in [-0.39, 0.29) is 6.61 Å². The van der Waals surface area contributed by atoms with Crippen LogP contribution in [0.4, 0.5) is 5.69 Å². The van der Waals surface area contributed by atoms with E-state index in [0.717, 1.165) is 0 Å². The lowest BCUT2D eigenvalue weighted by Gasteiger charge is -2.22. The van der Waals surface area contributed by atoms with Crippen molar-refractivity contribution < 1.29 is 24.2 Å². The minimum absolute atomic E-state index is 0.275. The summed E-state index contributed by atoms with van der Waals surface area (Å²) in [6.07, 6.45) is 0. The van der Waals surface area contributed by atoms with Crippen molar-refractivity contribution in [2.24, 2.45) is 0 Å². The molecule has 0 unspecified atom stereocenters. The fourth-order valence-electron chi connectivity index (χ4n) is 1.51. The molecule has 0 saturated heterocycles. The maximum absolute atomic E-state index is 11.8. The Morgan fingerprint density at radius 2 is 1.76 bits per heavy atom. The van der Waals surface area contributed by atoms with Crippen molar-refractivity contribution >= 4 is 17.5 Å². The topological polar surface area (TPSA) is 96.9 Å². The molecular formula is C14H20N2O5. The van der Waals surface area contributed by atoms with Gasteiger partial charge in [-0.05, 0) is 26.0 Å². The van der Waals surface area contributed by atoms with Gasteiger partial charge in [0.25, 0.3) is 0 Å². The van der Waals surface area contributed by atoms with Crippen molar-refractivity contribution in [2.75, 3.05) is 26.1 Å². The summed E-state index contributed by atoms with van der Waals surface area (Å²) in [7, 11) is 2.97. The molecule has 1 aromatic carbocycles. The molecule has 7 nitrogen and oxygen atoms in total. The molecule has 0 bridgehead atoms. The van der Waals surface area contributed by atoms with E-state index >= 15 is 0 Å². The van der Waals surface area contributed by atoms with Gasteiger partial charge in [-0.15, -0.1) is 0 Å². The third-order valence-electron chi connectivity index (χ3n) is 2.69. The number of aliphatic hydroxyl groups is 1. The van der Waals surface area contributed by atoms with Gasteiger partial charge in [0.15, 0.2) is 11.5 Å². The number of rotatable bonds is 5. The first-order chi connectivity index (χ1) is 9.82. The number of methoxy groups -OCH3 is 2. The lowest BCUT2D eigenvalue weighted by molar-refractivity contribution is -0.137. The largest absolute Gasteiger partial charge is 0.493 e. The van der Waals surface area contributed by atoms with Crippen molar-refractivity contribution in [3.8, 4) is 11.5 Å². The maximum Gasteiger partial charge on any atom is 0.313 e. The third kappa shape index (κ3) is 4.64. The van der Waals surface area contributed by atoms with E-state index < -0.39 is 17.4 Å². The molecule has 0 spiro atoms. The minimum atomic E-state index is -0.869. The lowest BCUT2D eigenvalue weighted by Crippen LogP contribution is -2.50. The van der Waals surface area contributed by atoms with E-state index in [9.17, 15) is 9.59 Å². The van der Waals surface area contributed by atoms with Gasteiger partial charge in [0, 0.05) is 11.8 Å². The minimum Gasteiger partial charge on any atom is -0.493 e. The second-order valence-corrected chi connectivity index (χ2v) is 5.02. The SMILES string of the molecule is COc1ccc(NC(=O)C(=O)NC(C)(C)CO)cc1OC. The Balaban J connectivity index is 2.77. The van der Waals surface area contributed by atoms with Crippen LogP contribution < -0.4 is 20.1 Å². The molecule has 3 N–H and O–H groups in total. The molecule has 0 aliphatic rings. The van der Waals surface area contributed by atoms with Crippen LogP contribution in [0.1, 0.15) is 13.8 Å². The summed E-state index contributed by atoms with van der Waals surface area (Å²) >= 11 is 0. The van der Waals surface area contributed by atoms with Crippen LogP contribution in [0.2, 0.25) is 0 Å². The quantitative estimate of drug-likeness (QED) is 0.689. The van der Waals surface area contributed by atoms with Gasteiger partial charge in [0.2, 0.25) is 0 Å². The fourth-order valence-corrected chi connectivity index (χ4v) is 1.51. The first-order valence-electron chi connectivity index (χ1n) is 6.29. The van der Waals surface area contributed by atoms with Crippen molar-refractivity contribution in [1.29, 1.82) is 0 Å². The number of anilines is 1. The van der Waals surface area contributed by atoms with Gasteiger partial charge in [0.05, 0.1) is 26.4 Å². The smallest absolute Gasteiger partial charge is 0.313 e. The zero-order valence-corrected chi connectivity index (χ0v) is 12.5. The number of nitrogens with one attached hydrogen (secondary N) is 2. The van der Waals surface area contributed by atoms with Gasteiger partial charge in [-0.1, -0.05) is 0 Å². The molecular weight excluding hydrogens is 276 g/mol. The molecule has 7 heteroatoms. The van der Waals surface area contributed by atoms with Crippen molar-refractivity contribution in [1.82, 2.24) is 5.32 Å². The zero-order chi connectivity index (χ0) is 16.0. The Morgan fingerprint density at radius 1 is 1.14 bits per heavy atom. The summed E-state index contributed by atoms with van der Waals surface area (Å²) in [4.78, 5) is 23.5. The van der Waals surface area contributed by atoms with Gasteiger partial charge < -0.3 is 25.2 Å². The van der Waals surface area contributed by atoms with Gasteiger partial charge in [-0.2, -0.15) is 0 Å². The Kier molecular flexibility index (Phi) is 5.54. The second kappa shape index (κ2) is 6.94. The maximum atomic E-state index is 11.8. The number of ether oxygens (including phenoxy) is 2. The van der Waals surface area contributed by atoms with Crippen molar-refractivity contribution in [2.45, 2.75) is 19.4 Å². The normalized spacial score (nSPS) is 10.7. The Bertz CT molecular complexity index is 528. The monoisotopic (exact) mass is 296 g/mol. The number of hydrogen-bond donors (Lipinski definition) is 3. The summed E-state index contributed by atoms with van der Waals surface area (Å²) < 4.78 is 10.2. The summed E-state index contributed by atoms with van der Waals surface area (Å²) in [5, 5.41) is 13.9. The highest BCUT2D eigenvalue weighted by molar-refractivity contribution is 6.39. The standard InChI is InChI=1S/C14H20N2O5/c1-14(2,8-17)16-13(19)12(18)15-9-5-6-10(20-3)11(7-9)21-4/h5-7,17H,8H2,1-4H3,(H,15,18)(H,16,19). The molecule has 0 heterocycles. The molecule has 0 aliphatic carbocycles.